The number of hydrogen-bond acceptors (Lipinski definition) is 2. The number of carbonyl (C=O) groups excluding carboxylic acids is 1. The third kappa shape index (κ3) is 3.84. The summed E-state index contributed by atoms with van der Waals surface area (Å²) in [5.41, 5.74) is 6.48. The molecule has 2 atom stereocenters. The molecule has 1 aliphatic heterocycles. The van der Waals surface area contributed by atoms with E-state index in [1.807, 2.05) is 55.5 Å². The Bertz CT molecular complexity index is 1130. The minimum absolute atomic E-state index is 0.0326. The van der Waals surface area contributed by atoms with Crippen molar-refractivity contribution in [2.45, 2.75) is 32.2 Å². The van der Waals surface area contributed by atoms with Crippen LogP contribution in [0.25, 0.3) is 6.08 Å². The van der Waals surface area contributed by atoms with Crippen molar-refractivity contribution in [1.82, 2.24) is 5.01 Å². The zero-order chi connectivity index (χ0) is 21.2. The van der Waals surface area contributed by atoms with Gasteiger partial charge in [-0.3, -0.25) is 4.79 Å². The first-order valence-corrected chi connectivity index (χ1v) is 11.0. The first-order chi connectivity index (χ1) is 15.2. The molecular formula is C28H26N2O. The van der Waals surface area contributed by atoms with E-state index in [9.17, 15) is 4.79 Å². The van der Waals surface area contributed by atoms with Crippen molar-refractivity contribution in [2.24, 2.45) is 11.0 Å². The Morgan fingerprint density at radius 1 is 0.935 bits per heavy atom. The Hall–Kier alpha value is -3.46. The zero-order valence-electron chi connectivity index (χ0n) is 17.7. The second kappa shape index (κ2) is 8.35. The predicted octanol–water partition coefficient (Wildman–Crippen LogP) is 6.43. The van der Waals surface area contributed by atoms with Gasteiger partial charge in [0.25, 0.3) is 5.91 Å². The van der Waals surface area contributed by atoms with Crippen LogP contribution in [0.15, 0.2) is 95.6 Å². The molecule has 3 nitrogen and oxygen atoms in total. The van der Waals surface area contributed by atoms with Crippen LogP contribution in [0, 0.1) is 12.8 Å². The molecule has 154 valence electrons. The summed E-state index contributed by atoms with van der Waals surface area (Å²) in [6.07, 6.45) is 5.39. The van der Waals surface area contributed by atoms with E-state index < -0.39 is 0 Å². The molecule has 5 rings (SSSR count). The fourth-order valence-electron chi connectivity index (χ4n) is 4.73. The number of nitrogens with zero attached hydrogens (tertiary/aromatic N) is 2. The molecule has 2 aliphatic rings. The Morgan fingerprint density at radius 2 is 1.61 bits per heavy atom. The van der Waals surface area contributed by atoms with Crippen LogP contribution >= 0.6 is 0 Å². The van der Waals surface area contributed by atoms with Gasteiger partial charge in [0, 0.05) is 11.5 Å². The molecule has 31 heavy (non-hydrogen) atoms. The maximum absolute atomic E-state index is 13.5. The van der Waals surface area contributed by atoms with Crippen molar-refractivity contribution in [3.8, 4) is 0 Å². The second-order valence-corrected chi connectivity index (χ2v) is 8.44. The minimum Gasteiger partial charge on any atom is -0.267 e. The number of amides is 1. The van der Waals surface area contributed by atoms with Crippen molar-refractivity contribution >= 4 is 17.7 Å². The van der Waals surface area contributed by atoms with E-state index in [0.29, 0.717) is 5.56 Å². The summed E-state index contributed by atoms with van der Waals surface area (Å²) in [5.74, 6) is 0.190. The fourth-order valence-corrected chi connectivity index (χ4v) is 4.73. The standard InChI is InChI=1S/C28H26N2O/c1-20-15-17-23(18-16-20)28(31)30-27(22-11-6-3-7-12-22)25-14-8-13-24(26(25)29-30)19-21-9-4-2-5-10-21/h2-7,9-12,15-19,25,27H,8,13-14H2,1H3/b24-19+/t25-,27+/m0/s1. The van der Waals surface area contributed by atoms with Gasteiger partial charge in [-0.2, -0.15) is 5.10 Å². The van der Waals surface area contributed by atoms with Gasteiger partial charge in [-0.05, 0) is 61.1 Å². The molecule has 3 aromatic carbocycles. The first-order valence-electron chi connectivity index (χ1n) is 11.0. The highest BCUT2D eigenvalue weighted by Crippen LogP contribution is 2.44. The molecule has 0 saturated heterocycles. The number of fused-ring (bicyclic) bond motifs is 1. The Balaban J connectivity index is 1.57. The minimum atomic E-state index is -0.0653. The number of aryl methyl sites for hydroxylation is 1. The number of allylic oxidation sites excluding steroid dienone is 1. The Kier molecular flexibility index (Phi) is 5.25. The van der Waals surface area contributed by atoms with E-state index in [4.69, 9.17) is 5.10 Å². The lowest BCUT2D eigenvalue weighted by Crippen LogP contribution is -2.31. The summed E-state index contributed by atoms with van der Waals surface area (Å²) in [6, 6.07) is 28.5. The molecule has 3 aromatic rings. The number of benzene rings is 3. The lowest BCUT2D eigenvalue weighted by molar-refractivity contribution is 0.0681. The van der Waals surface area contributed by atoms with Crippen LogP contribution in [0.5, 0.6) is 0 Å². The monoisotopic (exact) mass is 406 g/mol. The van der Waals surface area contributed by atoms with Crippen molar-refractivity contribution in [3.63, 3.8) is 0 Å². The van der Waals surface area contributed by atoms with E-state index in [-0.39, 0.29) is 17.9 Å². The highest BCUT2D eigenvalue weighted by Gasteiger charge is 2.43. The maximum Gasteiger partial charge on any atom is 0.274 e. The highest BCUT2D eigenvalue weighted by atomic mass is 16.2. The van der Waals surface area contributed by atoms with E-state index in [2.05, 4.69) is 42.5 Å². The summed E-state index contributed by atoms with van der Waals surface area (Å²) in [6.45, 7) is 2.03. The molecule has 3 heteroatoms. The van der Waals surface area contributed by atoms with Crippen LogP contribution in [0.3, 0.4) is 0 Å². The average Bonchev–Trinajstić information content (AvgIpc) is 3.21. The molecular weight excluding hydrogens is 380 g/mol. The van der Waals surface area contributed by atoms with E-state index >= 15 is 0 Å². The van der Waals surface area contributed by atoms with Gasteiger partial charge in [0.05, 0.1) is 11.8 Å². The van der Waals surface area contributed by atoms with Gasteiger partial charge in [-0.1, -0.05) is 78.4 Å². The van der Waals surface area contributed by atoms with Crippen molar-refractivity contribution in [1.29, 1.82) is 0 Å². The number of hydrazone groups is 1. The lowest BCUT2D eigenvalue weighted by Gasteiger charge is -2.29. The molecule has 0 spiro atoms. The summed E-state index contributed by atoms with van der Waals surface area (Å²) in [4.78, 5) is 13.5. The largest absolute Gasteiger partial charge is 0.274 e. The molecule has 1 aliphatic carbocycles. The first kappa shape index (κ1) is 19.5. The third-order valence-electron chi connectivity index (χ3n) is 6.29. The van der Waals surface area contributed by atoms with Gasteiger partial charge in [-0.25, -0.2) is 5.01 Å². The molecule has 0 radical (unpaired) electrons. The molecule has 0 bridgehead atoms. The fraction of sp³-hybridized carbons (Fsp3) is 0.214. The smallest absolute Gasteiger partial charge is 0.267 e. The predicted molar refractivity (Wildman–Crippen MR) is 126 cm³/mol. The molecule has 1 heterocycles. The second-order valence-electron chi connectivity index (χ2n) is 8.44. The number of rotatable bonds is 3. The molecule has 0 aromatic heterocycles. The van der Waals surface area contributed by atoms with Gasteiger partial charge in [0.15, 0.2) is 0 Å². The van der Waals surface area contributed by atoms with Gasteiger partial charge in [0.1, 0.15) is 0 Å². The van der Waals surface area contributed by atoms with Gasteiger partial charge in [-0.15, -0.1) is 0 Å². The van der Waals surface area contributed by atoms with E-state index in [1.54, 1.807) is 5.01 Å². The summed E-state index contributed by atoms with van der Waals surface area (Å²) < 4.78 is 0. The van der Waals surface area contributed by atoms with Crippen molar-refractivity contribution in [3.05, 3.63) is 113 Å². The van der Waals surface area contributed by atoms with Gasteiger partial charge >= 0.3 is 0 Å². The molecule has 0 N–H and O–H groups in total. The topological polar surface area (TPSA) is 32.7 Å². The quantitative estimate of drug-likeness (QED) is 0.493. The zero-order valence-corrected chi connectivity index (χ0v) is 17.7. The van der Waals surface area contributed by atoms with Crippen molar-refractivity contribution < 1.29 is 4.79 Å². The van der Waals surface area contributed by atoms with Gasteiger partial charge in [0.2, 0.25) is 0 Å². The molecule has 0 unspecified atom stereocenters. The van der Waals surface area contributed by atoms with Crippen molar-refractivity contribution in [2.75, 3.05) is 0 Å². The summed E-state index contributed by atoms with van der Waals surface area (Å²) in [5, 5.41) is 6.72. The highest BCUT2D eigenvalue weighted by molar-refractivity contribution is 6.09. The Morgan fingerprint density at radius 3 is 2.32 bits per heavy atom. The molecule has 1 saturated carbocycles. The summed E-state index contributed by atoms with van der Waals surface area (Å²) >= 11 is 0. The summed E-state index contributed by atoms with van der Waals surface area (Å²) in [7, 11) is 0. The maximum atomic E-state index is 13.5. The molecule has 1 amide bonds. The number of hydrogen-bond donors (Lipinski definition) is 0. The molecule has 1 fully saturated rings. The normalized spacial score (nSPS) is 21.6. The lowest BCUT2D eigenvalue weighted by atomic mass is 9.77. The van der Waals surface area contributed by atoms with E-state index in [0.717, 1.165) is 36.1 Å². The third-order valence-corrected chi connectivity index (χ3v) is 6.29. The van der Waals surface area contributed by atoms with Crippen LogP contribution in [-0.4, -0.2) is 16.6 Å². The average molecular weight is 407 g/mol. The van der Waals surface area contributed by atoms with Crippen LogP contribution in [0.2, 0.25) is 0 Å². The van der Waals surface area contributed by atoms with Crippen LogP contribution in [0.4, 0.5) is 0 Å². The van der Waals surface area contributed by atoms with Crippen LogP contribution in [-0.2, 0) is 0 Å². The van der Waals surface area contributed by atoms with Gasteiger partial charge < -0.3 is 0 Å². The Labute approximate surface area is 183 Å². The SMILES string of the molecule is Cc1ccc(C(=O)N2N=C3/C(=C/c4ccccc4)CCC[C@@H]3[C@H]2c2ccccc2)cc1. The van der Waals surface area contributed by atoms with Crippen LogP contribution < -0.4 is 0 Å². The van der Waals surface area contributed by atoms with Crippen LogP contribution in [0.1, 0.15) is 52.4 Å². The number of carbonyl (C=O) groups is 1. The van der Waals surface area contributed by atoms with E-state index in [1.165, 1.54) is 11.1 Å².